The van der Waals surface area contributed by atoms with Crippen molar-refractivity contribution in [3.63, 3.8) is 0 Å². The zero-order valence-corrected chi connectivity index (χ0v) is 10.3. The summed E-state index contributed by atoms with van der Waals surface area (Å²) in [6, 6.07) is 7.35. The van der Waals surface area contributed by atoms with Crippen LogP contribution in [0.3, 0.4) is 0 Å². The molecule has 0 aromatic carbocycles. The van der Waals surface area contributed by atoms with Gasteiger partial charge in [0.25, 0.3) is 5.56 Å². The predicted molar refractivity (Wildman–Crippen MR) is 70.9 cm³/mol. The third-order valence-corrected chi connectivity index (χ3v) is 3.63. The summed E-state index contributed by atoms with van der Waals surface area (Å²) in [5, 5.41) is 2.37. The number of hydrogen-bond acceptors (Lipinski definition) is 4. The number of fused-ring (bicyclic) bond motifs is 1. The monoisotopic (exact) mass is 259 g/mol. The minimum absolute atomic E-state index is 0.328. The van der Waals surface area contributed by atoms with Gasteiger partial charge in [-0.05, 0) is 23.6 Å². The van der Waals surface area contributed by atoms with Crippen LogP contribution >= 0.6 is 11.3 Å². The number of aromatic nitrogens is 3. The highest BCUT2D eigenvalue weighted by Crippen LogP contribution is 2.23. The number of aromatic amines is 1. The molecular weight excluding hydrogens is 250 g/mol. The van der Waals surface area contributed by atoms with Crippen LogP contribution in [0, 0.1) is 0 Å². The van der Waals surface area contributed by atoms with Gasteiger partial charge in [0.15, 0.2) is 0 Å². The molecule has 0 saturated heterocycles. The molecule has 3 aromatic heterocycles. The van der Waals surface area contributed by atoms with Crippen LogP contribution in [-0.4, -0.2) is 14.5 Å². The van der Waals surface area contributed by atoms with Crippen molar-refractivity contribution in [3.05, 3.63) is 50.5 Å². The first-order chi connectivity index (χ1) is 8.66. The lowest BCUT2D eigenvalue weighted by Crippen LogP contribution is -2.32. The minimum Gasteiger partial charge on any atom is -0.291 e. The molecule has 0 spiro atoms. The largest absolute Gasteiger partial charge is 0.329 e. The molecule has 5 nitrogen and oxygen atoms in total. The van der Waals surface area contributed by atoms with E-state index in [1.165, 1.54) is 7.05 Å². The third kappa shape index (κ3) is 1.58. The summed E-state index contributed by atoms with van der Waals surface area (Å²) in [7, 11) is 1.44. The molecule has 0 unspecified atom stereocenters. The van der Waals surface area contributed by atoms with Crippen molar-refractivity contribution in [3.8, 4) is 10.6 Å². The van der Waals surface area contributed by atoms with E-state index in [1.807, 2.05) is 17.5 Å². The Bertz CT molecular complexity index is 831. The normalized spacial score (nSPS) is 10.9. The molecule has 0 bridgehead atoms. The average molecular weight is 259 g/mol. The van der Waals surface area contributed by atoms with E-state index in [9.17, 15) is 9.59 Å². The number of hydrogen-bond donors (Lipinski definition) is 1. The van der Waals surface area contributed by atoms with Gasteiger partial charge in [0, 0.05) is 7.05 Å². The van der Waals surface area contributed by atoms with Gasteiger partial charge in [-0.2, -0.15) is 0 Å². The zero-order valence-electron chi connectivity index (χ0n) is 9.51. The topological polar surface area (TPSA) is 67.8 Å². The van der Waals surface area contributed by atoms with Crippen molar-refractivity contribution in [1.82, 2.24) is 14.5 Å². The summed E-state index contributed by atoms with van der Waals surface area (Å²) in [5.41, 5.74) is 0.290. The molecule has 18 heavy (non-hydrogen) atoms. The second kappa shape index (κ2) is 3.92. The van der Waals surface area contributed by atoms with Crippen molar-refractivity contribution in [2.45, 2.75) is 0 Å². The van der Waals surface area contributed by atoms with Gasteiger partial charge in [-0.15, -0.1) is 11.3 Å². The smallest absolute Gasteiger partial charge is 0.291 e. The Morgan fingerprint density at radius 2 is 2.11 bits per heavy atom. The van der Waals surface area contributed by atoms with E-state index in [2.05, 4.69) is 9.97 Å². The number of nitrogens with zero attached hydrogens (tertiary/aromatic N) is 2. The molecule has 0 aliphatic heterocycles. The first-order valence-electron chi connectivity index (χ1n) is 5.31. The fraction of sp³-hybridized carbons (Fsp3) is 0.0833. The number of pyridine rings is 1. The molecule has 0 amide bonds. The van der Waals surface area contributed by atoms with Crippen molar-refractivity contribution in [2.24, 2.45) is 7.05 Å². The first-order valence-corrected chi connectivity index (χ1v) is 6.19. The molecule has 0 saturated carbocycles. The fourth-order valence-corrected chi connectivity index (χ4v) is 2.44. The highest BCUT2D eigenvalue weighted by Gasteiger charge is 2.07. The predicted octanol–water partition coefficient (Wildman–Crippen LogP) is 1.35. The molecule has 0 radical (unpaired) electrons. The van der Waals surface area contributed by atoms with Crippen LogP contribution in [-0.2, 0) is 7.05 Å². The molecule has 6 heteroatoms. The standard InChI is InChI=1S/C12H9N3O2S/c1-15-11(16)7-4-5-8(9-3-2-6-18-9)13-10(7)14-12(15)17/h2-6H,1H3,(H,13,14,17). The summed E-state index contributed by atoms with van der Waals surface area (Å²) in [4.78, 5) is 31.3. The Morgan fingerprint density at radius 3 is 2.83 bits per heavy atom. The van der Waals surface area contributed by atoms with Gasteiger partial charge in [0.2, 0.25) is 0 Å². The van der Waals surface area contributed by atoms with E-state index < -0.39 is 5.69 Å². The number of H-pyrrole nitrogens is 1. The lowest BCUT2D eigenvalue weighted by Gasteiger charge is -2.02. The van der Waals surface area contributed by atoms with Crippen molar-refractivity contribution >= 4 is 22.4 Å². The van der Waals surface area contributed by atoms with E-state index in [0.29, 0.717) is 11.0 Å². The third-order valence-electron chi connectivity index (χ3n) is 2.73. The van der Waals surface area contributed by atoms with Gasteiger partial charge < -0.3 is 0 Å². The summed E-state index contributed by atoms with van der Waals surface area (Å²) in [5.74, 6) is 0. The summed E-state index contributed by atoms with van der Waals surface area (Å²) < 4.78 is 1.04. The van der Waals surface area contributed by atoms with E-state index >= 15 is 0 Å². The van der Waals surface area contributed by atoms with Crippen molar-refractivity contribution in [2.75, 3.05) is 0 Å². The highest BCUT2D eigenvalue weighted by molar-refractivity contribution is 7.13. The van der Waals surface area contributed by atoms with Gasteiger partial charge in [-0.3, -0.25) is 14.3 Å². The zero-order chi connectivity index (χ0) is 12.7. The van der Waals surface area contributed by atoms with E-state index in [-0.39, 0.29) is 5.56 Å². The van der Waals surface area contributed by atoms with Crippen LogP contribution in [0.25, 0.3) is 21.6 Å². The molecule has 0 fully saturated rings. The maximum absolute atomic E-state index is 11.9. The molecule has 3 aromatic rings. The second-order valence-corrected chi connectivity index (χ2v) is 4.81. The Hall–Kier alpha value is -2.21. The summed E-state index contributed by atoms with van der Waals surface area (Å²) >= 11 is 1.56. The Morgan fingerprint density at radius 1 is 1.28 bits per heavy atom. The highest BCUT2D eigenvalue weighted by atomic mass is 32.1. The maximum atomic E-state index is 11.9. The van der Waals surface area contributed by atoms with E-state index in [0.717, 1.165) is 15.1 Å². The van der Waals surface area contributed by atoms with Crippen LogP contribution in [0.1, 0.15) is 0 Å². The van der Waals surface area contributed by atoms with Gasteiger partial charge in [0.1, 0.15) is 5.65 Å². The number of thiophene rings is 1. The summed E-state index contributed by atoms with van der Waals surface area (Å²) in [6.07, 6.45) is 0. The van der Waals surface area contributed by atoms with Crippen molar-refractivity contribution < 1.29 is 0 Å². The minimum atomic E-state index is -0.455. The molecule has 0 aliphatic carbocycles. The Labute approximate surface area is 105 Å². The molecule has 3 rings (SSSR count). The summed E-state index contributed by atoms with van der Waals surface area (Å²) in [6.45, 7) is 0. The molecule has 0 aliphatic rings. The van der Waals surface area contributed by atoms with E-state index in [1.54, 1.807) is 23.5 Å². The van der Waals surface area contributed by atoms with Gasteiger partial charge in [-0.1, -0.05) is 6.07 Å². The van der Waals surface area contributed by atoms with Crippen LogP contribution in [0.4, 0.5) is 0 Å². The van der Waals surface area contributed by atoms with Crippen molar-refractivity contribution in [1.29, 1.82) is 0 Å². The Kier molecular flexibility index (Phi) is 2.38. The lowest BCUT2D eigenvalue weighted by molar-refractivity contribution is 0.791. The second-order valence-electron chi connectivity index (χ2n) is 3.86. The van der Waals surface area contributed by atoms with Crippen LogP contribution < -0.4 is 11.2 Å². The van der Waals surface area contributed by atoms with Gasteiger partial charge in [-0.25, -0.2) is 9.78 Å². The van der Waals surface area contributed by atoms with Crippen LogP contribution in [0.15, 0.2) is 39.2 Å². The van der Waals surface area contributed by atoms with Crippen LogP contribution in [0.2, 0.25) is 0 Å². The maximum Gasteiger partial charge on any atom is 0.329 e. The molecule has 3 heterocycles. The lowest BCUT2D eigenvalue weighted by atomic mass is 10.2. The number of nitrogens with one attached hydrogen (secondary N) is 1. The molecular formula is C12H9N3O2S. The first kappa shape index (κ1) is 10.9. The molecule has 1 N–H and O–H groups in total. The van der Waals surface area contributed by atoms with Gasteiger partial charge >= 0.3 is 5.69 Å². The average Bonchev–Trinajstić information content (AvgIpc) is 2.89. The van der Waals surface area contributed by atoms with E-state index in [4.69, 9.17) is 0 Å². The molecule has 90 valence electrons. The SMILES string of the molecule is Cn1c(=O)[nH]c2nc(-c3cccs3)ccc2c1=O. The Balaban J connectivity index is 2.35. The fourth-order valence-electron chi connectivity index (χ4n) is 1.75. The van der Waals surface area contributed by atoms with Crippen LogP contribution in [0.5, 0.6) is 0 Å². The molecule has 0 atom stereocenters. The number of rotatable bonds is 1. The quantitative estimate of drug-likeness (QED) is 0.717. The van der Waals surface area contributed by atoms with Gasteiger partial charge in [0.05, 0.1) is 16.0 Å².